The smallest absolute Gasteiger partial charge is 0.225 e. The average molecular weight is 474 g/mol. The number of pyridine rings is 1. The van der Waals surface area contributed by atoms with Gasteiger partial charge in [-0.25, -0.2) is 4.98 Å². The molecular weight excluding hydrogens is 422 g/mol. The number of nitrogens with zero attached hydrogens (tertiary/aromatic N) is 1. The summed E-state index contributed by atoms with van der Waals surface area (Å²) >= 11 is 0. The van der Waals surface area contributed by atoms with Crippen molar-refractivity contribution in [2.75, 3.05) is 10.6 Å². The second-order valence-electron chi connectivity index (χ2n) is 9.66. The fourth-order valence-electron chi connectivity index (χ4n) is 4.18. The van der Waals surface area contributed by atoms with Crippen molar-refractivity contribution in [2.24, 2.45) is 0 Å². The third-order valence-electron chi connectivity index (χ3n) is 6.30. The number of aromatic nitrogens is 1. The third kappa shape index (κ3) is 17.6. The maximum Gasteiger partial charge on any atom is 0.225 e. The normalized spacial score (nSPS) is 10.9. The van der Waals surface area contributed by atoms with Crippen LogP contribution in [-0.2, 0) is 9.59 Å². The van der Waals surface area contributed by atoms with Crippen LogP contribution >= 0.6 is 0 Å². The highest BCUT2D eigenvalue weighted by Gasteiger charge is 2.07. The zero-order valence-electron chi connectivity index (χ0n) is 22.1. The number of anilines is 2. The number of carbonyl (C=O) groups is 2. The number of hydrogen-bond donors (Lipinski definition) is 2. The van der Waals surface area contributed by atoms with Crippen molar-refractivity contribution >= 4 is 23.5 Å². The van der Waals surface area contributed by atoms with E-state index in [0.717, 1.165) is 25.7 Å². The molecule has 0 spiro atoms. The van der Waals surface area contributed by atoms with Gasteiger partial charge in [0.2, 0.25) is 11.8 Å². The molecule has 0 aliphatic rings. The van der Waals surface area contributed by atoms with Crippen LogP contribution in [0.5, 0.6) is 0 Å². The number of carbonyl (C=O) groups excluding carboxylic acids is 2. The molecule has 194 valence electrons. The lowest BCUT2D eigenvalue weighted by atomic mass is 10.1. The highest BCUT2D eigenvalue weighted by atomic mass is 16.2. The van der Waals surface area contributed by atoms with E-state index in [9.17, 15) is 9.59 Å². The van der Waals surface area contributed by atoms with Gasteiger partial charge in [0.1, 0.15) is 11.6 Å². The van der Waals surface area contributed by atoms with Crippen LogP contribution in [0, 0.1) is 0 Å². The summed E-state index contributed by atoms with van der Waals surface area (Å²) in [5.74, 6) is 0.992. The van der Waals surface area contributed by atoms with Crippen molar-refractivity contribution in [1.29, 1.82) is 0 Å². The molecule has 5 nitrogen and oxygen atoms in total. The number of amides is 2. The van der Waals surface area contributed by atoms with Crippen LogP contribution < -0.4 is 10.6 Å². The summed E-state index contributed by atoms with van der Waals surface area (Å²) in [5, 5.41) is 5.73. The Bertz CT molecular complexity index is 597. The topological polar surface area (TPSA) is 71.1 Å². The van der Waals surface area contributed by atoms with Gasteiger partial charge in [-0.05, 0) is 25.0 Å². The van der Waals surface area contributed by atoms with Crippen LogP contribution in [0.15, 0.2) is 18.2 Å². The van der Waals surface area contributed by atoms with Gasteiger partial charge in [0.15, 0.2) is 0 Å². The molecule has 2 N–H and O–H groups in total. The molecule has 34 heavy (non-hydrogen) atoms. The first-order chi connectivity index (χ1) is 16.7. The summed E-state index contributed by atoms with van der Waals surface area (Å²) in [7, 11) is 0. The highest BCUT2D eigenvalue weighted by Crippen LogP contribution is 2.14. The summed E-state index contributed by atoms with van der Waals surface area (Å²) in [5.41, 5.74) is 0. The first-order valence-electron chi connectivity index (χ1n) is 14.2. The molecule has 0 aliphatic heterocycles. The Kier molecular flexibility index (Phi) is 19.1. The van der Waals surface area contributed by atoms with Crippen molar-refractivity contribution in [2.45, 2.75) is 142 Å². The molecule has 0 saturated heterocycles. The molecule has 0 fully saturated rings. The third-order valence-corrected chi connectivity index (χ3v) is 6.30. The number of unbranched alkanes of at least 4 members (excludes halogenated alkanes) is 16. The summed E-state index contributed by atoms with van der Waals surface area (Å²) in [4.78, 5) is 28.8. The van der Waals surface area contributed by atoms with Gasteiger partial charge < -0.3 is 10.6 Å². The van der Waals surface area contributed by atoms with Gasteiger partial charge in [-0.3, -0.25) is 9.59 Å². The van der Waals surface area contributed by atoms with Crippen LogP contribution in [0.2, 0.25) is 0 Å². The van der Waals surface area contributed by atoms with Crippen LogP contribution in [-0.4, -0.2) is 16.8 Å². The second kappa shape index (κ2) is 21.6. The van der Waals surface area contributed by atoms with E-state index in [-0.39, 0.29) is 11.8 Å². The van der Waals surface area contributed by atoms with E-state index < -0.39 is 0 Å². The molecular formula is C29H51N3O2. The molecule has 2 amide bonds. The Morgan fingerprint density at radius 1 is 0.559 bits per heavy atom. The van der Waals surface area contributed by atoms with Crippen molar-refractivity contribution in [3.05, 3.63) is 18.2 Å². The standard InChI is InChI=1S/C29H51N3O2/c1-3-5-7-9-11-13-15-17-19-24-28(33)31-26-22-21-23-27(30-26)32-29(34)25-20-18-16-14-12-10-8-6-4-2/h21-23H,3-20,24-25H2,1-2H3,(H2,30,31,32,33,34). The van der Waals surface area contributed by atoms with Gasteiger partial charge in [-0.1, -0.05) is 123 Å². The lowest BCUT2D eigenvalue weighted by Crippen LogP contribution is -2.15. The lowest BCUT2D eigenvalue weighted by Gasteiger charge is -2.08. The quantitative estimate of drug-likeness (QED) is 0.165. The molecule has 0 radical (unpaired) electrons. The summed E-state index contributed by atoms with van der Waals surface area (Å²) in [6.07, 6.45) is 23.3. The van der Waals surface area contributed by atoms with Crippen molar-refractivity contribution in [3.63, 3.8) is 0 Å². The Labute approximate surface area is 209 Å². The Morgan fingerprint density at radius 3 is 1.24 bits per heavy atom. The molecule has 1 rings (SSSR count). The maximum atomic E-state index is 12.2. The molecule has 0 unspecified atom stereocenters. The van der Waals surface area contributed by atoms with Crippen LogP contribution in [0.25, 0.3) is 0 Å². The van der Waals surface area contributed by atoms with E-state index in [0.29, 0.717) is 24.5 Å². The van der Waals surface area contributed by atoms with E-state index in [2.05, 4.69) is 29.5 Å². The van der Waals surface area contributed by atoms with Gasteiger partial charge in [-0.15, -0.1) is 0 Å². The van der Waals surface area contributed by atoms with Gasteiger partial charge in [0.05, 0.1) is 0 Å². The number of nitrogens with one attached hydrogen (secondary N) is 2. The largest absolute Gasteiger partial charge is 0.311 e. The minimum absolute atomic E-state index is 0.00591. The second-order valence-corrected chi connectivity index (χ2v) is 9.66. The first-order valence-corrected chi connectivity index (χ1v) is 14.2. The fraction of sp³-hybridized carbons (Fsp3) is 0.759. The molecule has 1 heterocycles. The monoisotopic (exact) mass is 473 g/mol. The predicted octanol–water partition coefficient (Wildman–Crippen LogP) is 8.80. The number of rotatable bonds is 22. The van der Waals surface area contributed by atoms with E-state index in [1.807, 2.05) is 6.07 Å². The Morgan fingerprint density at radius 2 is 0.882 bits per heavy atom. The van der Waals surface area contributed by atoms with Crippen molar-refractivity contribution < 1.29 is 9.59 Å². The SMILES string of the molecule is CCCCCCCCCCCC(=O)Nc1cccc(NC(=O)CCCCCCCCCCC)n1. The molecule has 0 saturated carbocycles. The molecule has 5 heteroatoms. The van der Waals surface area contributed by atoms with Gasteiger partial charge in [0.25, 0.3) is 0 Å². The molecule has 1 aromatic rings. The van der Waals surface area contributed by atoms with E-state index >= 15 is 0 Å². The Hall–Kier alpha value is -1.91. The first kappa shape index (κ1) is 30.1. The Balaban J connectivity index is 2.12. The van der Waals surface area contributed by atoms with Gasteiger partial charge >= 0.3 is 0 Å². The zero-order chi connectivity index (χ0) is 24.7. The van der Waals surface area contributed by atoms with E-state index in [1.165, 1.54) is 89.9 Å². The van der Waals surface area contributed by atoms with Crippen molar-refractivity contribution in [3.8, 4) is 0 Å². The maximum absolute atomic E-state index is 12.2. The zero-order valence-corrected chi connectivity index (χ0v) is 22.1. The number of hydrogen-bond acceptors (Lipinski definition) is 3. The predicted molar refractivity (Wildman–Crippen MR) is 145 cm³/mol. The van der Waals surface area contributed by atoms with Crippen molar-refractivity contribution in [1.82, 2.24) is 4.98 Å². The van der Waals surface area contributed by atoms with Crippen LogP contribution in [0.3, 0.4) is 0 Å². The summed E-state index contributed by atoms with van der Waals surface area (Å²) < 4.78 is 0. The summed E-state index contributed by atoms with van der Waals surface area (Å²) in [6, 6.07) is 5.35. The minimum atomic E-state index is -0.00591. The molecule has 0 bridgehead atoms. The van der Waals surface area contributed by atoms with Crippen LogP contribution in [0.1, 0.15) is 142 Å². The molecule has 0 aliphatic carbocycles. The highest BCUT2D eigenvalue weighted by molar-refractivity contribution is 5.91. The van der Waals surface area contributed by atoms with Crippen LogP contribution in [0.4, 0.5) is 11.6 Å². The molecule has 0 atom stereocenters. The van der Waals surface area contributed by atoms with E-state index in [1.54, 1.807) is 12.1 Å². The average Bonchev–Trinajstić information content (AvgIpc) is 2.82. The fourth-order valence-corrected chi connectivity index (χ4v) is 4.18. The molecule has 0 aromatic carbocycles. The van der Waals surface area contributed by atoms with Gasteiger partial charge in [0, 0.05) is 12.8 Å². The molecule has 1 aromatic heterocycles. The minimum Gasteiger partial charge on any atom is -0.311 e. The lowest BCUT2D eigenvalue weighted by molar-refractivity contribution is -0.117. The van der Waals surface area contributed by atoms with E-state index in [4.69, 9.17) is 0 Å². The summed E-state index contributed by atoms with van der Waals surface area (Å²) in [6.45, 7) is 4.48. The van der Waals surface area contributed by atoms with Gasteiger partial charge in [-0.2, -0.15) is 0 Å².